The molecule has 30 heavy (non-hydrogen) atoms. The van der Waals surface area contributed by atoms with E-state index in [1.807, 2.05) is 18.2 Å². The lowest BCUT2D eigenvalue weighted by Gasteiger charge is -2.25. The molecule has 0 saturated heterocycles. The molecular formula is C22H30ClN7. The summed E-state index contributed by atoms with van der Waals surface area (Å²) in [5, 5.41) is 13.6. The monoisotopic (exact) mass is 427 g/mol. The molecule has 1 atom stereocenters. The van der Waals surface area contributed by atoms with E-state index in [4.69, 9.17) is 16.6 Å². The molecule has 0 amide bonds. The van der Waals surface area contributed by atoms with E-state index in [0.717, 1.165) is 60.5 Å². The SMILES string of the molecule is CCNC(=NCCc1c[nH]c2ccc(Cl)cc12)NC1CCc2nc(C(C)C)nn2C1. The largest absolute Gasteiger partial charge is 0.361 e. The average molecular weight is 428 g/mol. The van der Waals surface area contributed by atoms with Crippen molar-refractivity contribution >= 4 is 28.5 Å². The van der Waals surface area contributed by atoms with Crippen molar-refractivity contribution in [1.29, 1.82) is 0 Å². The number of nitrogens with zero attached hydrogens (tertiary/aromatic N) is 4. The number of rotatable bonds is 6. The molecular weight excluding hydrogens is 398 g/mol. The Balaban J connectivity index is 1.39. The summed E-state index contributed by atoms with van der Waals surface area (Å²) in [5.74, 6) is 3.24. The van der Waals surface area contributed by atoms with Crippen LogP contribution in [0.15, 0.2) is 29.4 Å². The van der Waals surface area contributed by atoms with Crippen LogP contribution in [0.25, 0.3) is 10.9 Å². The van der Waals surface area contributed by atoms with Gasteiger partial charge in [-0.3, -0.25) is 4.99 Å². The number of aliphatic imine (C=N–C) groups is 1. The Bertz CT molecular complexity index is 1030. The quantitative estimate of drug-likeness (QED) is 0.414. The van der Waals surface area contributed by atoms with Gasteiger partial charge in [0.05, 0.1) is 6.54 Å². The Morgan fingerprint density at radius 1 is 1.40 bits per heavy atom. The second kappa shape index (κ2) is 9.08. The average Bonchev–Trinajstić information content (AvgIpc) is 3.32. The third kappa shape index (κ3) is 4.61. The molecule has 0 fully saturated rings. The summed E-state index contributed by atoms with van der Waals surface area (Å²) in [6, 6.07) is 6.23. The summed E-state index contributed by atoms with van der Waals surface area (Å²) in [4.78, 5) is 12.8. The minimum absolute atomic E-state index is 0.295. The number of aromatic amines is 1. The van der Waals surface area contributed by atoms with Gasteiger partial charge in [-0.15, -0.1) is 0 Å². The number of aromatic nitrogens is 4. The second-order valence-corrected chi connectivity index (χ2v) is 8.55. The van der Waals surface area contributed by atoms with Crippen LogP contribution in [0.1, 0.15) is 50.3 Å². The van der Waals surface area contributed by atoms with Crippen LogP contribution in [0, 0.1) is 0 Å². The van der Waals surface area contributed by atoms with Gasteiger partial charge in [-0.25, -0.2) is 9.67 Å². The van der Waals surface area contributed by atoms with Crippen molar-refractivity contribution < 1.29 is 0 Å². The molecule has 0 bridgehead atoms. The molecule has 3 heterocycles. The van der Waals surface area contributed by atoms with Crippen LogP contribution < -0.4 is 10.6 Å². The van der Waals surface area contributed by atoms with Crippen molar-refractivity contribution in [3.63, 3.8) is 0 Å². The van der Waals surface area contributed by atoms with Crippen LogP contribution in [0.4, 0.5) is 0 Å². The van der Waals surface area contributed by atoms with E-state index in [2.05, 4.69) is 57.4 Å². The second-order valence-electron chi connectivity index (χ2n) is 8.12. The number of benzene rings is 1. The van der Waals surface area contributed by atoms with Crippen LogP contribution in [0.3, 0.4) is 0 Å². The smallest absolute Gasteiger partial charge is 0.191 e. The minimum Gasteiger partial charge on any atom is -0.361 e. The third-order valence-electron chi connectivity index (χ3n) is 5.46. The summed E-state index contributed by atoms with van der Waals surface area (Å²) >= 11 is 6.16. The molecule has 0 aliphatic carbocycles. The highest BCUT2D eigenvalue weighted by Gasteiger charge is 2.23. The van der Waals surface area contributed by atoms with Gasteiger partial charge in [0.15, 0.2) is 11.8 Å². The highest BCUT2D eigenvalue weighted by Crippen LogP contribution is 2.22. The highest BCUT2D eigenvalue weighted by molar-refractivity contribution is 6.31. The zero-order valence-corrected chi connectivity index (χ0v) is 18.6. The summed E-state index contributed by atoms with van der Waals surface area (Å²) in [5.41, 5.74) is 2.34. The predicted molar refractivity (Wildman–Crippen MR) is 122 cm³/mol. The van der Waals surface area contributed by atoms with E-state index in [9.17, 15) is 0 Å². The van der Waals surface area contributed by atoms with E-state index in [1.54, 1.807) is 0 Å². The zero-order chi connectivity index (χ0) is 21.1. The maximum absolute atomic E-state index is 6.16. The number of hydrogen-bond acceptors (Lipinski definition) is 3. The first-order valence-corrected chi connectivity index (χ1v) is 11.1. The molecule has 3 aromatic rings. The Kier molecular flexibility index (Phi) is 6.27. The number of H-pyrrole nitrogens is 1. The van der Waals surface area contributed by atoms with Gasteiger partial charge in [0.2, 0.25) is 0 Å². The van der Waals surface area contributed by atoms with Crippen LogP contribution in [-0.4, -0.2) is 44.8 Å². The number of fused-ring (bicyclic) bond motifs is 2. The van der Waals surface area contributed by atoms with Crippen molar-refractivity contribution in [2.24, 2.45) is 4.99 Å². The van der Waals surface area contributed by atoms with Crippen molar-refractivity contribution in [3.8, 4) is 0 Å². The van der Waals surface area contributed by atoms with Gasteiger partial charge >= 0.3 is 0 Å². The van der Waals surface area contributed by atoms with Crippen molar-refractivity contribution in [3.05, 3.63) is 46.6 Å². The lowest BCUT2D eigenvalue weighted by atomic mass is 10.1. The molecule has 1 aromatic carbocycles. The fraction of sp³-hybridized carbons (Fsp3) is 0.500. The summed E-state index contributed by atoms with van der Waals surface area (Å²) in [7, 11) is 0. The Labute approximate surface area is 182 Å². The summed E-state index contributed by atoms with van der Waals surface area (Å²) < 4.78 is 2.05. The van der Waals surface area contributed by atoms with Crippen molar-refractivity contribution in [1.82, 2.24) is 30.4 Å². The van der Waals surface area contributed by atoms with E-state index in [1.165, 1.54) is 10.9 Å². The lowest BCUT2D eigenvalue weighted by molar-refractivity contribution is 0.391. The Hall–Kier alpha value is -2.54. The maximum atomic E-state index is 6.16. The lowest BCUT2D eigenvalue weighted by Crippen LogP contribution is -2.47. The van der Waals surface area contributed by atoms with Gasteiger partial charge in [0.1, 0.15) is 5.82 Å². The fourth-order valence-electron chi connectivity index (χ4n) is 3.85. The molecule has 7 nitrogen and oxygen atoms in total. The van der Waals surface area contributed by atoms with E-state index >= 15 is 0 Å². The number of aryl methyl sites for hydroxylation is 1. The van der Waals surface area contributed by atoms with Crippen molar-refractivity contribution in [2.45, 2.75) is 58.5 Å². The van der Waals surface area contributed by atoms with Gasteiger partial charge in [0.25, 0.3) is 0 Å². The minimum atomic E-state index is 0.295. The number of nitrogens with one attached hydrogen (secondary N) is 3. The molecule has 3 N–H and O–H groups in total. The molecule has 1 unspecified atom stereocenters. The van der Waals surface area contributed by atoms with E-state index < -0.39 is 0 Å². The van der Waals surface area contributed by atoms with Gasteiger partial charge < -0.3 is 15.6 Å². The predicted octanol–water partition coefficient (Wildman–Crippen LogP) is 3.65. The Morgan fingerprint density at radius 2 is 2.27 bits per heavy atom. The van der Waals surface area contributed by atoms with Gasteiger partial charge in [-0.2, -0.15) is 5.10 Å². The molecule has 2 aromatic heterocycles. The van der Waals surface area contributed by atoms with E-state index in [0.29, 0.717) is 18.5 Å². The van der Waals surface area contributed by atoms with Gasteiger partial charge in [0, 0.05) is 53.6 Å². The molecule has 0 spiro atoms. The topological polar surface area (TPSA) is 82.9 Å². The highest BCUT2D eigenvalue weighted by atomic mass is 35.5. The number of hydrogen-bond donors (Lipinski definition) is 3. The standard InChI is InChI=1S/C22H30ClN7/c1-4-24-22(25-10-9-15-12-26-19-7-5-16(23)11-18(15)19)27-17-6-8-20-28-21(14(2)3)29-30(20)13-17/h5,7,11-12,14,17,26H,4,6,8-10,13H2,1-3H3,(H2,24,25,27). The van der Waals surface area contributed by atoms with Crippen LogP contribution >= 0.6 is 11.6 Å². The number of halogens is 1. The van der Waals surface area contributed by atoms with Crippen LogP contribution in [0.2, 0.25) is 5.02 Å². The van der Waals surface area contributed by atoms with E-state index in [-0.39, 0.29) is 0 Å². The molecule has 0 saturated carbocycles. The summed E-state index contributed by atoms with van der Waals surface area (Å²) in [6.45, 7) is 8.70. The third-order valence-corrected chi connectivity index (χ3v) is 5.69. The zero-order valence-electron chi connectivity index (χ0n) is 17.9. The number of guanidine groups is 1. The van der Waals surface area contributed by atoms with Crippen LogP contribution in [0.5, 0.6) is 0 Å². The molecule has 1 aliphatic rings. The molecule has 8 heteroatoms. The van der Waals surface area contributed by atoms with Gasteiger partial charge in [-0.1, -0.05) is 25.4 Å². The van der Waals surface area contributed by atoms with Crippen LogP contribution in [-0.2, 0) is 19.4 Å². The fourth-order valence-corrected chi connectivity index (χ4v) is 4.02. The first kappa shape index (κ1) is 20.7. The summed E-state index contributed by atoms with van der Waals surface area (Å²) in [6.07, 6.45) is 4.87. The first-order chi connectivity index (χ1) is 14.5. The van der Waals surface area contributed by atoms with Gasteiger partial charge in [-0.05, 0) is 43.5 Å². The first-order valence-electron chi connectivity index (χ1n) is 10.8. The molecule has 1 aliphatic heterocycles. The molecule has 4 rings (SSSR count). The Morgan fingerprint density at radius 3 is 3.07 bits per heavy atom. The maximum Gasteiger partial charge on any atom is 0.191 e. The van der Waals surface area contributed by atoms with Crippen molar-refractivity contribution in [2.75, 3.05) is 13.1 Å². The molecule has 160 valence electrons. The normalized spacial score (nSPS) is 16.8. The molecule has 0 radical (unpaired) electrons.